The van der Waals surface area contributed by atoms with Gasteiger partial charge >= 0.3 is 6.03 Å². The molecule has 194 valence electrons. The second-order valence-electron chi connectivity index (χ2n) is 8.17. The summed E-state index contributed by atoms with van der Waals surface area (Å²) in [5.74, 6) is -4.11. The van der Waals surface area contributed by atoms with Gasteiger partial charge in [0.05, 0.1) is 17.3 Å². The SMILES string of the molecule is N#CCCCN(CCCN)Cc1ccc(-c2c[nH]c(NC(=O)Nc3cc(F)c(F)cc3F)nc2=O)cc1. The molecule has 0 radical (unpaired) electrons. The Bertz CT molecular complexity index is 1320. The van der Waals surface area contributed by atoms with Gasteiger partial charge in [0.1, 0.15) is 5.82 Å². The van der Waals surface area contributed by atoms with E-state index < -0.39 is 34.7 Å². The molecule has 0 saturated heterocycles. The maximum Gasteiger partial charge on any atom is 0.326 e. The number of rotatable bonds is 11. The number of aromatic nitrogens is 2. The lowest BCUT2D eigenvalue weighted by Crippen LogP contribution is -2.27. The van der Waals surface area contributed by atoms with Crippen LogP contribution in [0.5, 0.6) is 0 Å². The molecule has 3 aromatic rings. The van der Waals surface area contributed by atoms with Gasteiger partial charge in [-0.25, -0.2) is 18.0 Å². The third kappa shape index (κ3) is 7.89. The van der Waals surface area contributed by atoms with Gasteiger partial charge in [-0.15, -0.1) is 0 Å². The van der Waals surface area contributed by atoms with Gasteiger partial charge in [-0.05, 0) is 43.6 Å². The molecule has 0 aliphatic carbocycles. The third-order valence-corrected chi connectivity index (χ3v) is 5.40. The molecule has 3 rings (SSSR count). The zero-order valence-corrected chi connectivity index (χ0v) is 19.9. The number of nitriles is 1. The Kier molecular flexibility index (Phi) is 9.76. The molecule has 0 atom stereocenters. The summed E-state index contributed by atoms with van der Waals surface area (Å²) >= 11 is 0. The molecule has 2 aromatic carbocycles. The normalized spacial score (nSPS) is 10.8. The minimum Gasteiger partial charge on any atom is -0.331 e. The number of urea groups is 1. The molecule has 0 saturated carbocycles. The monoisotopic (exact) mass is 513 g/mol. The molecule has 0 unspecified atom stereocenters. The highest BCUT2D eigenvalue weighted by Gasteiger charge is 2.14. The van der Waals surface area contributed by atoms with E-state index in [-0.39, 0.29) is 11.5 Å². The Labute approximate surface area is 211 Å². The van der Waals surface area contributed by atoms with Gasteiger partial charge < -0.3 is 16.0 Å². The Morgan fingerprint density at radius 3 is 2.43 bits per heavy atom. The van der Waals surface area contributed by atoms with Gasteiger partial charge in [0.15, 0.2) is 11.6 Å². The van der Waals surface area contributed by atoms with Crippen molar-refractivity contribution >= 4 is 17.7 Å². The van der Waals surface area contributed by atoms with Crippen LogP contribution in [-0.4, -0.2) is 40.5 Å². The highest BCUT2D eigenvalue weighted by Crippen LogP contribution is 2.19. The number of nitrogens with zero attached hydrogens (tertiary/aromatic N) is 3. The molecule has 2 amide bonds. The van der Waals surface area contributed by atoms with Crippen molar-refractivity contribution in [3.8, 4) is 17.2 Å². The fraction of sp³-hybridized carbons (Fsp3) is 0.280. The predicted octanol–water partition coefficient (Wildman–Crippen LogP) is 3.95. The third-order valence-electron chi connectivity index (χ3n) is 5.40. The van der Waals surface area contributed by atoms with Crippen LogP contribution in [0, 0.1) is 28.8 Å². The molecule has 37 heavy (non-hydrogen) atoms. The summed E-state index contributed by atoms with van der Waals surface area (Å²) in [4.78, 5) is 33.3. The smallest absolute Gasteiger partial charge is 0.326 e. The number of carbonyl (C=O) groups is 1. The van der Waals surface area contributed by atoms with Crippen LogP contribution in [0.3, 0.4) is 0 Å². The zero-order chi connectivity index (χ0) is 26.8. The van der Waals surface area contributed by atoms with E-state index >= 15 is 0 Å². The summed E-state index contributed by atoms with van der Waals surface area (Å²) in [6, 6.07) is 9.28. The van der Waals surface area contributed by atoms with Crippen LogP contribution in [0.15, 0.2) is 47.4 Å². The van der Waals surface area contributed by atoms with Crippen molar-refractivity contribution in [1.29, 1.82) is 5.26 Å². The summed E-state index contributed by atoms with van der Waals surface area (Å²) in [7, 11) is 0. The number of benzene rings is 2. The summed E-state index contributed by atoms with van der Waals surface area (Å²) in [6.45, 7) is 2.86. The predicted molar refractivity (Wildman–Crippen MR) is 133 cm³/mol. The Balaban J connectivity index is 1.64. The van der Waals surface area contributed by atoms with E-state index in [1.165, 1.54) is 6.20 Å². The average molecular weight is 514 g/mol. The average Bonchev–Trinajstić information content (AvgIpc) is 2.86. The molecule has 9 nitrogen and oxygen atoms in total. The number of H-pyrrole nitrogens is 1. The number of amides is 2. The van der Waals surface area contributed by atoms with Crippen LogP contribution in [-0.2, 0) is 6.54 Å². The number of anilines is 2. The van der Waals surface area contributed by atoms with E-state index in [9.17, 15) is 22.8 Å². The molecule has 0 bridgehead atoms. The largest absolute Gasteiger partial charge is 0.331 e. The number of carbonyl (C=O) groups excluding carboxylic acids is 1. The lowest BCUT2D eigenvalue weighted by molar-refractivity contribution is 0.261. The first kappa shape index (κ1) is 27.4. The van der Waals surface area contributed by atoms with Gasteiger partial charge in [0, 0.05) is 31.3 Å². The number of unbranched alkanes of at least 4 members (excludes halogenated alkanes) is 1. The molecule has 0 aliphatic rings. The van der Waals surface area contributed by atoms with E-state index in [1.54, 1.807) is 12.1 Å². The molecule has 12 heteroatoms. The van der Waals surface area contributed by atoms with E-state index in [4.69, 9.17) is 11.0 Å². The van der Waals surface area contributed by atoms with Crippen LogP contribution in [0.4, 0.5) is 29.6 Å². The topological polar surface area (TPSA) is 140 Å². The van der Waals surface area contributed by atoms with Crippen LogP contribution >= 0.6 is 0 Å². The van der Waals surface area contributed by atoms with Crippen molar-refractivity contribution in [2.75, 3.05) is 30.3 Å². The Morgan fingerprint density at radius 1 is 1.05 bits per heavy atom. The second kappa shape index (κ2) is 13.2. The quantitative estimate of drug-likeness (QED) is 0.226. The van der Waals surface area contributed by atoms with E-state index in [2.05, 4.69) is 26.3 Å². The molecule has 1 aromatic heterocycles. The molecule has 5 N–H and O–H groups in total. The molecular weight excluding hydrogens is 487 g/mol. The number of hydrogen-bond acceptors (Lipinski definition) is 6. The van der Waals surface area contributed by atoms with Crippen molar-refractivity contribution in [1.82, 2.24) is 14.9 Å². The van der Waals surface area contributed by atoms with Gasteiger partial charge in [-0.3, -0.25) is 15.0 Å². The molecular formula is C25H26F3N7O2. The maximum atomic E-state index is 13.7. The minimum absolute atomic E-state index is 0.223. The first-order chi connectivity index (χ1) is 17.8. The number of halogens is 3. The summed E-state index contributed by atoms with van der Waals surface area (Å²) in [6.07, 6.45) is 3.48. The van der Waals surface area contributed by atoms with E-state index in [1.807, 2.05) is 17.4 Å². The van der Waals surface area contributed by atoms with Crippen molar-refractivity contribution in [3.63, 3.8) is 0 Å². The second-order valence-corrected chi connectivity index (χ2v) is 8.17. The van der Waals surface area contributed by atoms with E-state index in [0.29, 0.717) is 37.2 Å². The highest BCUT2D eigenvalue weighted by molar-refractivity contribution is 5.98. The fourth-order valence-corrected chi connectivity index (χ4v) is 3.56. The van der Waals surface area contributed by atoms with Crippen LogP contribution in [0.2, 0.25) is 0 Å². The lowest BCUT2D eigenvalue weighted by Gasteiger charge is -2.21. The summed E-state index contributed by atoms with van der Waals surface area (Å²) in [5, 5.41) is 13.0. The van der Waals surface area contributed by atoms with E-state index in [0.717, 1.165) is 31.5 Å². The molecule has 0 aliphatic heterocycles. The highest BCUT2D eigenvalue weighted by atomic mass is 19.2. The zero-order valence-electron chi connectivity index (χ0n) is 19.9. The first-order valence-electron chi connectivity index (χ1n) is 11.5. The fourth-order valence-electron chi connectivity index (χ4n) is 3.56. The first-order valence-corrected chi connectivity index (χ1v) is 11.5. The molecule has 0 fully saturated rings. The van der Waals surface area contributed by atoms with Gasteiger partial charge in [0.2, 0.25) is 5.95 Å². The van der Waals surface area contributed by atoms with Crippen LogP contribution in [0.25, 0.3) is 11.1 Å². The number of nitrogens with one attached hydrogen (secondary N) is 3. The Hall–Kier alpha value is -4.21. The maximum absolute atomic E-state index is 13.7. The van der Waals surface area contributed by atoms with Gasteiger partial charge in [0.25, 0.3) is 5.56 Å². The molecule has 1 heterocycles. The standard InChI is InChI=1S/C25H26F3N7O2/c26-19-12-21(28)22(13-20(19)27)32-25(37)34-24-31-14-18(23(36)33-24)17-6-4-16(5-7-17)15-35(11-3-9-30)10-2-1-8-29/h4-7,12-14H,1-3,9-11,15,30H2,(H3,31,32,33,34,36,37). The van der Waals surface area contributed by atoms with Crippen molar-refractivity contribution in [2.45, 2.75) is 25.8 Å². The van der Waals surface area contributed by atoms with Crippen molar-refractivity contribution < 1.29 is 18.0 Å². The number of nitrogens with two attached hydrogens (primary N) is 1. The summed E-state index contributed by atoms with van der Waals surface area (Å²) in [5.41, 5.74) is 6.32. The number of aromatic amines is 1. The van der Waals surface area contributed by atoms with Crippen LogP contribution in [0.1, 0.15) is 24.8 Å². The van der Waals surface area contributed by atoms with Crippen molar-refractivity contribution in [3.05, 3.63) is 76.0 Å². The molecule has 0 spiro atoms. The van der Waals surface area contributed by atoms with Gasteiger partial charge in [-0.1, -0.05) is 24.3 Å². The summed E-state index contributed by atoms with van der Waals surface area (Å²) < 4.78 is 40.1. The minimum atomic E-state index is -1.39. The van der Waals surface area contributed by atoms with Crippen molar-refractivity contribution in [2.24, 2.45) is 5.73 Å². The van der Waals surface area contributed by atoms with Gasteiger partial charge in [-0.2, -0.15) is 10.2 Å². The number of hydrogen-bond donors (Lipinski definition) is 4. The lowest BCUT2D eigenvalue weighted by atomic mass is 10.1. The Morgan fingerprint density at radius 2 is 1.76 bits per heavy atom. The van der Waals surface area contributed by atoms with Crippen LogP contribution < -0.4 is 21.9 Å².